The lowest BCUT2D eigenvalue weighted by Crippen LogP contribution is -2.50. The number of nitrogens with one attached hydrogen (secondary N) is 1. The van der Waals surface area contributed by atoms with E-state index in [1.54, 1.807) is 7.05 Å². The van der Waals surface area contributed by atoms with Crippen molar-refractivity contribution in [2.24, 2.45) is 0 Å². The lowest BCUT2D eigenvalue weighted by atomic mass is 10.1. The van der Waals surface area contributed by atoms with Crippen molar-refractivity contribution in [3.05, 3.63) is 35.4 Å². The molecule has 2 N–H and O–H groups in total. The molecule has 1 aliphatic heterocycles. The number of aliphatic hydroxyl groups excluding tert-OH is 1. The van der Waals surface area contributed by atoms with Gasteiger partial charge in [-0.3, -0.25) is 14.6 Å². The molecular weight excluding hydrogens is 278 g/mol. The third-order valence-corrected chi connectivity index (χ3v) is 4.45. The van der Waals surface area contributed by atoms with Gasteiger partial charge in [-0.25, -0.2) is 0 Å². The number of amides is 1. The molecule has 1 fully saturated rings. The summed E-state index contributed by atoms with van der Waals surface area (Å²) in [6.45, 7) is 7.35. The highest BCUT2D eigenvalue weighted by molar-refractivity contribution is 5.93. The second-order valence-corrected chi connectivity index (χ2v) is 5.83. The van der Waals surface area contributed by atoms with Gasteiger partial charge >= 0.3 is 0 Å². The number of hydrogen-bond acceptors (Lipinski definition) is 4. The van der Waals surface area contributed by atoms with E-state index in [1.165, 1.54) is 5.56 Å². The number of benzene rings is 1. The molecule has 1 aromatic carbocycles. The normalized spacial score (nSPS) is 18.1. The average molecular weight is 305 g/mol. The summed E-state index contributed by atoms with van der Waals surface area (Å²) >= 11 is 0. The number of nitrogens with zero attached hydrogens (tertiary/aromatic N) is 2. The fourth-order valence-electron chi connectivity index (χ4n) is 2.95. The minimum absolute atomic E-state index is 0.0465. The Labute approximate surface area is 132 Å². The van der Waals surface area contributed by atoms with Crippen LogP contribution in [-0.4, -0.2) is 66.7 Å². The third kappa shape index (κ3) is 4.29. The van der Waals surface area contributed by atoms with Crippen LogP contribution in [0.4, 0.5) is 0 Å². The zero-order valence-electron chi connectivity index (χ0n) is 13.6. The molecule has 1 aromatic rings. The van der Waals surface area contributed by atoms with Crippen LogP contribution in [0.5, 0.6) is 0 Å². The molecule has 0 spiro atoms. The molecule has 5 heteroatoms. The van der Waals surface area contributed by atoms with Crippen molar-refractivity contribution < 1.29 is 9.90 Å². The molecule has 1 aliphatic rings. The van der Waals surface area contributed by atoms with Crippen molar-refractivity contribution in [3.63, 3.8) is 0 Å². The summed E-state index contributed by atoms with van der Waals surface area (Å²) in [5.74, 6) is -0.0465. The Bertz CT molecular complexity index is 463. The van der Waals surface area contributed by atoms with E-state index in [0.717, 1.165) is 39.1 Å². The molecule has 1 amide bonds. The zero-order chi connectivity index (χ0) is 15.9. The largest absolute Gasteiger partial charge is 0.395 e. The van der Waals surface area contributed by atoms with E-state index in [9.17, 15) is 9.90 Å². The Hall–Kier alpha value is -1.43. The molecule has 0 unspecified atom stereocenters. The standard InChI is InChI=1S/C17H27N3O2/c1-3-16(13-21)20-10-8-19(9-11-20)12-14-4-6-15(7-5-14)17(22)18-2/h4-7,16,21H,3,8-13H2,1-2H3,(H,18,22)/t16-/m1/s1. The van der Waals surface area contributed by atoms with Crippen LogP contribution in [0.3, 0.4) is 0 Å². The molecule has 0 bridgehead atoms. The van der Waals surface area contributed by atoms with Crippen LogP contribution in [-0.2, 0) is 6.54 Å². The van der Waals surface area contributed by atoms with Gasteiger partial charge in [0.15, 0.2) is 0 Å². The molecule has 122 valence electrons. The van der Waals surface area contributed by atoms with Crippen LogP contribution >= 0.6 is 0 Å². The number of piperazine rings is 1. The lowest BCUT2D eigenvalue weighted by Gasteiger charge is -2.38. The summed E-state index contributed by atoms with van der Waals surface area (Å²) in [6.07, 6.45) is 0.997. The SMILES string of the molecule is CC[C@H](CO)N1CCN(Cc2ccc(C(=O)NC)cc2)CC1. The van der Waals surface area contributed by atoms with E-state index < -0.39 is 0 Å². The Morgan fingerprint density at radius 1 is 1.23 bits per heavy atom. The molecule has 0 aromatic heterocycles. The molecule has 1 saturated heterocycles. The molecule has 0 saturated carbocycles. The molecule has 0 radical (unpaired) electrons. The fourth-order valence-corrected chi connectivity index (χ4v) is 2.95. The quantitative estimate of drug-likeness (QED) is 0.821. The van der Waals surface area contributed by atoms with Crippen LogP contribution in [0.2, 0.25) is 0 Å². The highest BCUT2D eigenvalue weighted by Crippen LogP contribution is 2.13. The minimum atomic E-state index is -0.0465. The minimum Gasteiger partial charge on any atom is -0.395 e. The van der Waals surface area contributed by atoms with Crippen LogP contribution in [0, 0.1) is 0 Å². The van der Waals surface area contributed by atoms with Crippen molar-refractivity contribution >= 4 is 5.91 Å². The van der Waals surface area contributed by atoms with E-state index >= 15 is 0 Å². The molecule has 5 nitrogen and oxygen atoms in total. The van der Waals surface area contributed by atoms with Crippen molar-refractivity contribution in [2.75, 3.05) is 39.8 Å². The summed E-state index contributed by atoms with van der Waals surface area (Å²) < 4.78 is 0. The number of hydrogen-bond donors (Lipinski definition) is 2. The predicted molar refractivity (Wildman–Crippen MR) is 87.8 cm³/mol. The summed E-state index contributed by atoms with van der Waals surface area (Å²) in [5.41, 5.74) is 1.93. The molecular formula is C17H27N3O2. The lowest BCUT2D eigenvalue weighted by molar-refractivity contribution is 0.0608. The van der Waals surface area contributed by atoms with Crippen molar-refractivity contribution in [1.82, 2.24) is 15.1 Å². The van der Waals surface area contributed by atoms with Gasteiger partial charge in [-0.05, 0) is 24.1 Å². The summed E-state index contributed by atoms with van der Waals surface area (Å²) in [7, 11) is 1.64. The third-order valence-electron chi connectivity index (χ3n) is 4.45. The highest BCUT2D eigenvalue weighted by Gasteiger charge is 2.22. The second kappa shape index (κ2) is 8.27. The van der Waals surface area contributed by atoms with Gasteiger partial charge in [0.25, 0.3) is 5.91 Å². The van der Waals surface area contributed by atoms with Crippen molar-refractivity contribution in [1.29, 1.82) is 0 Å². The van der Waals surface area contributed by atoms with Gasteiger partial charge in [0.05, 0.1) is 6.61 Å². The Kier molecular flexibility index (Phi) is 6.36. The van der Waals surface area contributed by atoms with Gasteiger partial charge in [0.2, 0.25) is 0 Å². The second-order valence-electron chi connectivity index (χ2n) is 5.83. The maximum absolute atomic E-state index is 11.5. The summed E-state index contributed by atoms with van der Waals surface area (Å²) in [6, 6.07) is 8.11. The zero-order valence-corrected chi connectivity index (χ0v) is 13.6. The molecule has 1 atom stereocenters. The highest BCUT2D eigenvalue weighted by atomic mass is 16.3. The van der Waals surface area contributed by atoms with Crippen molar-refractivity contribution in [3.8, 4) is 0 Å². The van der Waals surface area contributed by atoms with E-state index in [4.69, 9.17) is 0 Å². The summed E-state index contributed by atoms with van der Waals surface area (Å²) in [4.78, 5) is 16.3. The first kappa shape index (κ1) is 16.9. The first-order valence-corrected chi connectivity index (χ1v) is 8.06. The van der Waals surface area contributed by atoms with Gasteiger partial charge < -0.3 is 10.4 Å². The smallest absolute Gasteiger partial charge is 0.251 e. The van der Waals surface area contributed by atoms with E-state index in [2.05, 4.69) is 22.0 Å². The number of rotatable bonds is 6. The van der Waals surface area contributed by atoms with Crippen LogP contribution in [0.1, 0.15) is 29.3 Å². The topological polar surface area (TPSA) is 55.8 Å². The Morgan fingerprint density at radius 2 is 1.86 bits per heavy atom. The maximum atomic E-state index is 11.5. The predicted octanol–water partition coefficient (Wildman–Crippen LogP) is 0.935. The number of carbonyl (C=O) groups excluding carboxylic acids is 1. The van der Waals surface area contributed by atoms with E-state index in [0.29, 0.717) is 11.6 Å². The Morgan fingerprint density at radius 3 is 2.36 bits per heavy atom. The molecule has 2 rings (SSSR count). The Balaban J connectivity index is 1.84. The van der Waals surface area contributed by atoms with Gasteiger partial charge in [-0.1, -0.05) is 19.1 Å². The molecule has 1 heterocycles. The van der Waals surface area contributed by atoms with Crippen molar-refractivity contribution in [2.45, 2.75) is 25.9 Å². The van der Waals surface area contributed by atoms with Crippen LogP contribution < -0.4 is 5.32 Å². The monoisotopic (exact) mass is 305 g/mol. The first-order chi connectivity index (χ1) is 10.7. The number of aliphatic hydroxyl groups is 1. The molecule has 0 aliphatic carbocycles. The van der Waals surface area contributed by atoms with Gasteiger partial charge in [0.1, 0.15) is 0 Å². The van der Waals surface area contributed by atoms with Gasteiger partial charge in [-0.2, -0.15) is 0 Å². The first-order valence-electron chi connectivity index (χ1n) is 8.06. The van der Waals surface area contributed by atoms with Crippen LogP contribution in [0.25, 0.3) is 0 Å². The summed E-state index contributed by atoms with van der Waals surface area (Å²) in [5, 5.41) is 12.0. The maximum Gasteiger partial charge on any atom is 0.251 e. The molecule has 22 heavy (non-hydrogen) atoms. The van der Waals surface area contributed by atoms with Crippen LogP contribution in [0.15, 0.2) is 24.3 Å². The number of carbonyl (C=O) groups is 1. The van der Waals surface area contributed by atoms with Gasteiger partial charge in [0, 0.05) is 51.4 Å². The van der Waals surface area contributed by atoms with Gasteiger partial charge in [-0.15, -0.1) is 0 Å². The van der Waals surface area contributed by atoms with E-state index in [1.807, 2.05) is 24.3 Å². The fraction of sp³-hybridized carbons (Fsp3) is 0.588. The van der Waals surface area contributed by atoms with E-state index in [-0.39, 0.29) is 12.5 Å². The average Bonchev–Trinajstić information content (AvgIpc) is 2.57.